The van der Waals surface area contributed by atoms with Gasteiger partial charge in [-0.2, -0.15) is 0 Å². The predicted octanol–water partition coefficient (Wildman–Crippen LogP) is 1.55. The number of hydrogen-bond acceptors (Lipinski definition) is 3. The summed E-state index contributed by atoms with van der Waals surface area (Å²) in [5.41, 5.74) is 6.14. The molecule has 0 bridgehead atoms. The van der Waals surface area contributed by atoms with Crippen molar-refractivity contribution >= 4 is 29.1 Å². The number of amides is 2. The molecule has 3 N–H and O–H groups in total. The van der Waals surface area contributed by atoms with E-state index in [2.05, 4.69) is 5.32 Å². The maximum atomic E-state index is 12.3. The Morgan fingerprint density at radius 1 is 1.43 bits per heavy atom. The number of unbranched alkanes of at least 4 members (excludes halogenated alkanes) is 1. The maximum Gasteiger partial charge on any atom is 0.239 e. The van der Waals surface area contributed by atoms with E-state index >= 15 is 0 Å². The fraction of sp³-hybridized carbons (Fsp3) is 0.467. The molecule has 5 nitrogen and oxygen atoms in total. The zero-order valence-corrected chi connectivity index (χ0v) is 12.6. The summed E-state index contributed by atoms with van der Waals surface area (Å²) in [7, 11) is 0. The van der Waals surface area contributed by atoms with E-state index in [0.717, 1.165) is 18.5 Å². The van der Waals surface area contributed by atoms with Crippen molar-refractivity contribution in [1.29, 1.82) is 0 Å². The van der Waals surface area contributed by atoms with E-state index < -0.39 is 5.92 Å². The van der Waals surface area contributed by atoms with Crippen LogP contribution in [0.4, 0.5) is 5.69 Å². The monoisotopic (exact) mass is 309 g/mol. The lowest BCUT2D eigenvalue weighted by atomic mass is 10.1. The number of nitrogens with one attached hydrogen (secondary N) is 1. The molecule has 0 spiro atoms. The first-order valence-electron chi connectivity index (χ1n) is 7.18. The van der Waals surface area contributed by atoms with E-state index in [1.165, 1.54) is 0 Å². The molecule has 0 saturated carbocycles. The molecule has 0 aliphatic carbocycles. The van der Waals surface area contributed by atoms with Crippen molar-refractivity contribution in [3.05, 3.63) is 29.3 Å². The normalized spacial score (nSPS) is 18.1. The van der Waals surface area contributed by atoms with Gasteiger partial charge >= 0.3 is 0 Å². The zero-order chi connectivity index (χ0) is 15.2. The number of nitrogens with zero attached hydrogens (tertiary/aromatic N) is 1. The molecule has 1 atom stereocenters. The lowest BCUT2D eigenvalue weighted by Gasteiger charge is -2.17. The van der Waals surface area contributed by atoms with E-state index in [4.69, 9.17) is 17.3 Å². The number of hydrogen-bond donors (Lipinski definition) is 2. The second-order valence-electron chi connectivity index (χ2n) is 5.10. The van der Waals surface area contributed by atoms with Gasteiger partial charge in [0.1, 0.15) is 5.92 Å². The number of halogens is 1. The Morgan fingerprint density at radius 2 is 2.24 bits per heavy atom. The van der Waals surface area contributed by atoms with Crippen molar-refractivity contribution < 1.29 is 9.59 Å². The van der Waals surface area contributed by atoms with Crippen LogP contribution in [0.1, 0.15) is 19.3 Å². The molecule has 1 aromatic rings. The van der Waals surface area contributed by atoms with Gasteiger partial charge in [-0.25, -0.2) is 0 Å². The van der Waals surface area contributed by atoms with Crippen molar-refractivity contribution in [3.63, 3.8) is 0 Å². The summed E-state index contributed by atoms with van der Waals surface area (Å²) in [6.07, 6.45) is 2.24. The lowest BCUT2D eigenvalue weighted by Crippen LogP contribution is -2.37. The van der Waals surface area contributed by atoms with Gasteiger partial charge in [0.15, 0.2) is 0 Å². The highest BCUT2D eigenvalue weighted by Gasteiger charge is 2.37. The summed E-state index contributed by atoms with van der Waals surface area (Å²) < 4.78 is 0. The quantitative estimate of drug-likeness (QED) is 0.618. The summed E-state index contributed by atoms with van der Waals surface area (Å²) in [5.74, 6) is -0.947. The summed E-state index contributed by atoms with van der Waals surface area (Å²) in [4.78, 5) is 26.0. The molecule has 1 saturated heterocycles. The zero-order valence-electron chi connectivity index (χ0n) is 11.8. The fourth-order valence-corrected chi connectivity index (χ4v) is 2.61. The first-order valence-corrected chi connectivity index (χ1v) is 7.56. The third-order valence-corrected chi connectivity index (χ3v) is 3.81. The van der Waals surface area contributed by atoms with Crippen LogP contribution in [0.15, 0.2) is 24.3 Å². The Bertz CT molecular complexity index is 521. The van der Waals surface area contributed by atoms with E-state index in [-0.39, 0.29) is 11.8 Å². The smallest absolute Gasteiger partial charge is 0.239 e. The van der Waals surface area contributed by atoms with Crippen molar-refractivity contribution in [2.75, 3.05) is 24.5 Å². The predicted molar refractivity (Wildman–Crippen MR) is 83.2 cm³/mol. The molecule has 0 aromatic heterocycles. The van der Waals surface area contributed by atoms with E-state index in [1.54, 1.807) is 23.1 Å². The first kappa shape index (κ1) is 15.8. The largest absolute Gasteiger partial charge is 0.355 e. The molecular formula is C15H20ClN3O2. The van der Waals surface area contributed by atoms with Gasteiger partial charge in [-0.1, -0.05) is 17.7 Å². The van der Waals surface area contributed by atoms with Crippen LogP contribution >= 0.6 is 11.6 Å². The van der Waals surface area contributed by atoms with Gasteiger partial charge in [0, 0.05) is 23.8 Å². The molecule has 0 radical (unpaired) electrons. The number of carbonyl (C=O) groups is 2. The molecule has 1 aliphatic rings. The molecular weight excluding hydrogens is 290 g/mol. The summed E-state index contributed by atoms with van der Waals surface area (Å²) in [6, 6.07) is 7.12. The molecule has 1 aliphatic heterocycles. The highest BCUT2D eigenvalue weighted by molar-refractivity contribution is 6.31. The summed E-state index contributed by atoms with van der Waals surface area (Å²) in [6.45, 7) is 1.72. The number of nitrogens with two attached hydrogens (primary N) is 1. The third-order valence-electron chi connectivity index (χ3n) is 3.57. The van der Waals surface area contributed by atoms with Gasteiger partial charge < -0.3 is 16.0 Å². The second kappa shape index (κ2) is 7.43. The standard InChI is InChI=1S/C15H20ClN3O2/c16-11-4-3-5-12(10-11)19-9-6-13(15(19)21)14(20)18-8-2-1-7-17/h3-5,10,13H,1-2,6-9,17H2,(H,18,20). The summed E-state index contributed by atoms with van der Waals surface area (Å²) >= 11 is 5.94. The minimum absolute atomic E-state index is 0.159. The van der Waals surface area contributed by atoms with Gasteiger partial charge in [-0.15, -0.1) is 0 Å². The van der Waals surface area contributed by atoms with Crippen molar-refractivity contribution in [2.24, 2.45) is 11.7 Å². The number of benzene rings is 1. The number of anilines is 1. The highest BCUT2D eigenvalue weighted by Crippen LogP contribution is 2.27. The Balaban J connectivity index is 1.93. The molecule has 6 heteroatoms. The van der Waals surface area contributed by atoms with Crippen LogP contribution in [-0.2, 0) is 9.59 Å². The third kappa shape index (κ3) is 3.95. The highest BCUT2D eigenvalue weighted by atomic mass is 35.5. The molecule has 1 heterocycles. The minimum atomic E-state index is -0.596. The average Bonchev–Trinajstić information content (AvgIpc) is 2.85. The van der Waals surface area contributed by atoms with Crippen LogP contribution in [0, 0.1) is 5.92 Å². The van der Waals surface area contributed by atoms with Crippen LogP contribution in [0.25, 0.3) is 0 Å². The molecule has 1 aromatic carbocycles. The van der Waals surface area contributed by atoms with Crippen molar-refractivity contribution in [1.82, 2.24) is 5.32 Å². The molecule has 2 rings (SSSR count). The van der Waals surface area contributed by atoms with Crippen LogP contribution in [0.2, 0.25) is 5.02 Å². The fourth-order valence-electron chi connectivity index (χ4n) is 2.43. The van der Waals surface area contributed by atoms with Crippen molar-refractivity contribution in [3.8, 4) is 0 Å². The Labute approximate surface area is 129 Å². The Kier molecular flexibility index (Phi) is 5.59. The second-order valence-corrected chi connectivity index (χ2v) is 5.53. The van der Waals surface area contributed by atoms with Crippen LogP contribution in [-0.4, -0.2) is 31.4 Å². The number of rotatable bonds is 6. The van der Waals surface area contributed by atoms with Crippen LogP contribution in [0.3, 0.4) is 0 Å². The summed E-state index contributed by atoms with van der Waals surface area (Å²) in [5, 5.41) is 3.38. The molecule has 1 unspecified atom stereocenters. The van der Waals surface area contributed by atoms with Gasteiger partial charge in [0.2, 0.25) is 11.8 Å². The molecule has 21 heavy (non-hydrogen) atoms. The molecule has 1 fully saturated rings. The van der Waals surface area contributed by atoms with Gasteiger partial charge in [0.05, 0.1) is 0 Å². The minimum Gasteiger partial charge on any atom is -0.355 e. The van der Waals surface area contributed by atoms with Gasteiger partial charge in [-0.05, 0) is 44.0 Å². The number of carbonyl (C=O) groups excluding carboxylic acids is 2. The Morgan fingerprint density at radius 3 is 2.95 bits per heavy atom. The van der Waals surface area contributed by atoms with E-state index in [1.807, 2.05) is 6.07 Å². The van der Waals surface area contributed by atoms with Crippen molar-refractivity contribution in [2.45, 2.75) is 19.3 Å². The van der Waals surface area contributed by atoms with Gasteiger partial charge in [0.25, 0.3) is 0 Å². The van der Waals surface area contributed by atoms with Crippen LogP contribution < -0.4 is 16.0 Å². The van der Waals surface area contributed by atoms with E-state index in [9.17, 15) is 9.59 Å². The SMILES string of the molecule is NCCCCNC(=O)C1CCN(c2cccc(Cl)c2)C1=O. The average molecular weight is 310 g/mol. The van der Waals surface area contributed by atoms with Crippen LogP contribution in [0.5, 0.6) is 0 Å². The lowest BCUT2D eigenvalue weighted by molar-refractivity contribution is -0.132. The first-order chi connectivity index (χ1) is 10.1. The van der Waals surface area contributed by atoms with E-state index in [0.29, 0.717) is 31.1 Å². The maximum absolute atomic E-state index is 12.3. The van der Waals surface area contributed by atoms with Gasteiger partial charge in [-0.3, -0.25) is 9.59 Å². The molecule has 2 amide bonds. The molecule has 114 valence electrons. The Hall–Kier alpha value is -1.59. The topological polar surface area (TPSA) is 75.4 Å².